The van der Waals surface area contributed by atoms with Crippen LogP contribution in [0.2, 0.25) is 5.02 Å². The molecule has 14 heavy (non-hydrogen) atoms. The van der Waals surface area contributed by atoms with Crippen LogP contribution in [0.5, 0.6) is 0 Å². The second-order valence-electron chi connectivity index (χ2n) is 3.64. The van der Waals surface area contributed by atoms with Gasteiger partial charge in [0, 0.05) is 22.7 Å². The second kappa shape index (κ2) is 3.55. The summed E-state index contributed by atoms with van der Waals surface area (Å²) in [5.74, 6) is 0. The fraction of sp³-hybridized carbons (Fsp3) is 0.333. The van der Waals surface area contributed by atoms with E-state index in [9.17, 15) is 10.1 Å². The molecular weight excluding hydrogens is 204 g/mol. The molecule has 0 aliphatic carbocycles. The van der Waals surface area contributed by atoms with E-state index in [-0.39, 0.29) is 5.69 Å². The van der Waals surface area contributed by atoms with E-state index in [4.69, 9.17) is 17.3 Å². The van der Waals surface area contributed by atoms with Crippen molar-refractivity contribution < 1.29 is 4.92 Å². The first kappa shape index (κ1) is 10.9. The van der Waals surface area contributed by atoms with Gasteiger partial charge in [0.25, 0.3) is 5.69 Å². The van der Waals surface area contributed by atoms with E-state index in [1.165, 1.54) is 18.2 Å². The van der Waals surface area contributed by atoms with Gasteiger partial charge in [-0.25, -0.2) is 0 Å². The van der Waals surface area contributed by atoms with Gasteiger partial charge in [0.05, 0.1) is 4.92 Å². The molecular formula is C9H11ClN2O2. The van der Waals surface area contributed by atoms with Crippen LogP contribution in [0.3, 0.4) is 0 Å². The lowest BCUT2D eigenvalue weighted by Gasteiger charge is -2.20. The van der Waals surface area contributed by atoms with Crippen molar-refractivity contribution in [1.29, 1.82) is 0 Å². The smallest absolute Gasteiger partial charge is 0.269 e. The normalized spacial score (nSPS) is 11.4. The lowest BCUT2D eigenvalue weighted by Crippen LogP contribution is -2.29. The molecule has 0 heterocycles. The molecule has 0 fully saturated rings. The zero-order valence-electron chi connectivity index (χ0n) is 7.95. The zero-order valence-corrected chi connectivity index (χ0v) is 8.71. The average molecular weight is 215 g/mol. The van der Waals surface area contributed by atoms with Gasteiger partial charge in [-0.05, 0) is 25.5 Å². The average Bonchev–Trinajstić information content (AvgIpc) is 2.02. The highest BCUT2D eigenvalue weighted by Gasteiger charge is 2.20. The summed E-state index contributed by atoms with van der Waals surface area (Å²) >= 11 is 5.88. The van der Waals surface area contributed by atoms with E-state index in [1.807, 2.05) is 0 Å². The van der Waals surface area contributed by atoms with Crippen molar-refractivity contribution in [2.45, 2.75) is 19.4 Å². The van der Waals surface area contributed by atoms with Crippen LogP contribution in [0.1, 0.15) is 19.4 Å². The Bertz CT molecular complexity index is 372. The number of nitro groups is 1. The summed E-state index contributed by atoms with van der Waals surface area (Å²) < 4.78 is 0. The molecule has 0 bridgehead atoms. The summed E-state index contributed by atoms with van der Waals surface area (Å²) in [5.41, 5.74) is 5.72. The number of nitrogens with two attached hydrogens (primary N) is 1. The Morgan fingerprint density at radius 2 is 2.07 bits per heavy atom. The van der Waals surface area contributed by atoms with Crippen molar-refractivity contribution in [1.82, 2.24) is 0 Å². The van der Waals surface area contributed by atoms with Gasteiger partial charge in [-0.1, -0.05) is 11.6 Å². The summed E-state index contributed by atoms with van der Waals surface area (Å²) in [4.78, 5) is 10.0. The minimum Gasteiger partial charge on any atom is -0.322 e. The first-order chi connectivity index (χ1) is 6.32. The summed E-state index contributed by atoms with van der Waals surface area (Å²) in [6.07, 6.45) is 0. The Labute approximate surface area is 86.8 Å². The maximum Gasteiger partial charge on any atom is 0.269 e. The summed E-state index contributed by atoms with van der Waals surface area (Å²) in [6.45, 7) is 3.50. The number of nitro benzene ring substituents is 1. The van der Waals surface area contributed by atoms with Gasteiger partial charge in [0.15, 0.2) is 0 Å². The number of rotatable bonds is 2. The summed E-state index contributed by atoms with van der Waals surface area (Å²) in [6, 6.07) is 4.25. The van der Waals surface area contributed by atoms with Crippen molar-refractivity contribution in [3.05, 3.63) is 38.9 Å². The van der Waals surface area contributed by atoms with Gasteiger partial charge >= 0.3 is 0 Å². The third-order valence-electron chi connectivity index (χ3n) is 1.85. The van der Waals surface area contributed by atoms with Crippen LogP contribution in [-0.4, -0.2) is 4.92 Å². The lowest BCUT2D eigenvalue weighted by atomic mass is 9.95. The molecule has 76 valence electrons. The van der Waals surface area contributed by atoms with Crippen LogP contribution in [0.15, 0.2) is 18.2 Å². The molecule has 0 amide bonds. The fourth-order valence-electron chi connectivity index (χ4n) is 1.12. The Morgan fingerprint density at radius 1 is 1.50 bits per heavy atom. The molecule has 0 saturated heterocycles. The third kappa shape index (κ3) is 2.21. The van der Waals surface area contributed by atoms with Crippen molar-refractivity contribution >= 4 is 17.3 Å². The molecule has 0 atom stereocenters. The van der Waals surface area contributed by atoms with Crippen molar-refractivity contribution in [2.24, 2.45) is 5.73 Å². The summed E-state index contributed by atoms with van der Waals surface area (Å²) in [5, 5.41) is 11.0. The van der Waals surface area contributed by atoms with Crippen LogP contribution in [-0.2, 0) is 5.54 Å². The minimum atomic E-state index is -0.677. The third-order valence-corrected chi connectivity index (χ3v) is 2.18. The lowest BCUT2D eigenvalue weighted by molar-refractivity contribution is -0.385. The number of hydrogen-bond acceptors (Lipinski definition) is 3. The predicted molar refractivity (Wildman–Crippen MR) is 55.3 cm³/mol. The molecule has 4 nitrogen and oxygen atoms in total. The zero-order chi connectivity index (χ0) is 10.9. The molecule has 0 aromatic heterocycles. The molecule has 1 rings (SSSR count). The fourth-order valence-corrected chi connectivity index (χ4v) is 1.48. The van der Waals surface area contributed by atoms with E-state index in [1.54, 1.807) is 13.8 Å². The second-order valence-corrected chi connectivity index (χ2v) is 4.05. The predicted octanol–water partition coefficient (Wildman–Crippen LogP) is 2.44. The molecule has 1 aromatic rings. The molecule has 0 spiro atoms. The van der Waals surface area contributed by atoms with E-state index >= 15 is 0 Å². The Morgan fingerprint density at radius 3 is 2.50 bits per heavy atom. The van der Waals surface area contributed by atoms with E-state index in [0.29, 0.717) is 10.6 Å². The van der Waals surface area contributed by atoms with Gasteiger partial charge in [-0.15, -0.1) is 0 Å². The van der Waals surface area contributed by atoms with Gasteiger partial charge in [-0.3, -0.25) is 10.1 Å². The highest BCUT2D eigenvalue weighted by atomic mass is 35.5. The Kier molecular flexibility index (Phi) is 2.78. The maximum atomic E-state index is 10.5. The maximum absolute atomic E-state index is 10.5. The molecule has 0 saturated carbocycles. The van der Waals surface area contributed by atoms with Gasteiger partial charge < -0.3 is 5.73 Å². The standard InChI is InChI=1S/C9H11ClN2O2/c1-9(2,11)7-5-6(12(13)14)3-4-8(7)10/h3-5H,11H2,1-2H3. The van der Waals surface area contributed by atoms with Gasteiger partial charge in [-0.2, -0.15) is 0 Å². The topological polar surface area (TPSA) is 69.2 Å². The minimum absolute atomic E-state index is 0.00271. The van der Waals surface area contributed by atoms with Crippen LogP contribution in [0, 0.1) is 10.1 Å². The number of benzene rings is 1. The molecule has 1 aromatic carbocycles. The van der Waals surface area contributed by atoms with Crippen molar-refractivity contribution in [2.75, 3.05) is 0 Å². The quantitative estimate of drug-likeness (QED) is 0.607. The molecule has 2 N–H and O–H groups in total. The van der Waals surface area contributed by atoms with Gasteiger partial charge in [0.2, 0.25) is 0 Å². The van der Waals surface area contributed by atoms with Crippen LogP contribution in [0.4, 0.5) is 5.69 Å². The van der Waals surface area contributed by atoms with Crippen LogP contribution >= 0.6 is 11.6 Å². The number of halogens is 1. The molecule has 0 aliphatic rings. The Hall–Kier alpha value is -1.13. The molecule has 0 radical (unpaired) electrons. The molecule has 5 heteroatoms. The van der Waals surface area contributed by atoms with E-state index in [2.05, 4.69) is 0 Å². The summed E-state index contributed by atoms with van der Waals surface area (Å²) in [7, 11) is 0. The van der Waals surface area contributed by atoms with Crippen LogP contribution in [0.25, 0.3) is 0 Å². The number of non-ortho nitro benzene ring substituents is 1. The van der Waals surface area contributed by atoms with Crippen LogP contribution < -0.4 is 5.73 Å². The van der Waals surface area contributed by atoms with E-state index in [0.717, 1.165) is 0 Å². The van der Waals surface area contributed by atoms with Crippen molar-refractivity contribution in [3.63, 3.8) is 0 Å². The van der Waals surface area contributed by atoms with E-state index < -0.39 is 10.5 Å². The highest BCUT2D eigenvalue weighted by molar-refractivity contribution is 6.31. The Balaban J connectivity index is 3.29. The van der Waals surface area contributed by atoms with Gasteiger partial charge in [0.1, 0.15) is 0 Å². The number of nitrogens with zero attached hydrogens (tertiary/aromatic N) is 1. The monoisotopic (exact) mass is 214 g/mol. The molecule has 0 unspecified atom stereocenters. The SMILES string of the molecule is CC(C)(N)c1cc([N+](=O)[O-])ccc1Cl. The number of hydrogen-bond donors (Lipinski definition) is 1. The first-order valence-electron chi connectivity index (χ1n) is 4.05. The molecule has 0 aliphatic heterocycles. The highest BCUT2D eigenvalue weighted by Crippen LogP contribution is 2.29. The first-order valence-corrected chi connectivity index (χ1v) is 4.43. The largest absolute Gasteiger partial charge is 0.322 e. The van der Waals surface area contributed by atoms with Crippen molar-refractivity contribution in [3.8, 4) is 0 Å².